The van der Waals surface area contributed by atoms with Crippen molar-refractivity contribution in [3.8, 4) is 22.8 Å². The number of allylic oxidation sites excluding steroid dienone is 1. The summed E-state index contributed by atoms with van der Waals surface area (Å²) in [5, 5.41) is 0. The van der Waals surface area contributed by atoms with Gasteiger partial charge >= 0.3 is 5.97 Å². The fourth-order valence-electron chi connectivity index (χ4n) is 4.80. The van der Waals surface area contributed by atoms with Crippen LogP contribution in [0.4, 0.5) is 0 Å². The van der Waals surface area contributed by atoms with Gasteiger partial charge < -0.3 is 18.6 Å². The number of carbonyl (C=O) groups is 1. The standard InChI is InChI=1S/C31H28Br2N2O6S/c1-6-39-25-15-22(33)20(14-24(25)38-5)28-27(30(37)40-7-2)17(4)34-31-35(28)29(36)26(42-31)13-18-9-11-23(41-18)19-10-8-16(3)12-21(19)32/h8-15,28H,6-7H2,1-5H3/b26-13+/t28-/m1/s1. The Morgan fingerprint density at radius 1 is 1.07 bits per heavy atom. The Balaban J connectivity index is 1.68. The van der Waals surface area contributed by atoms with Crippen LogP contribution in [0.2, 0.25) is 0 Å². The number of ether oxygens (including phenoxy) is 3. The minimum absolute atomic E-state index is 0.179. The molecule has 0 bridgehead atoms. The van der Waals surface area contributed by atoms with Crippen LogP contribution >= 0.6 is 43.2 Å². The van der Waals surface area contributed by atoms with E-state index in [0.29, 0.717) is 54.7 Å². The molecule has 5 rings (SSSR count). The van der Waals surface area contributed by atoms with Gasteiger partial charge in [0.1, 0.15) is 11.5 Å². The highest BCUT2D eigenvalue weighted by atomic mass is 79.9. The van der Waals surface area contributed by atoms with Crippen LogP contribution in [0.3, 0.4) is 0 Å². The number of aryl methyl sites for hydroxylation is 1. The van der Waals surface area contributed by atoms with Crippen molar-refractivity contribution in [1.82, 2.24) is 4.57 Å². The van der Waals surface area contributed by atoms with Crippen LogP contribution in [-0.4, -0.2) is 30.9 Å². The molecule has 218 valence electrons. The van der Waals surface area contributed by atoms with Gasteiger partial charge in [0.25, 0.3) is 5.56 Å². The van der Waals surface area contributed by atoms with Crippen molar-refractivity contribution in [3.05, 3.63) is 99.3 Å². The van der Waals surface area contributed by atoms with Crippen molar-refractivity contribution in [3.63, 3.8) is 0 Å². The Kier molecular flexibility index (Phi) is 8.91. The summed E-state index contributed by atoms with van der Waals surface area (Å²) in [7, 11) is 1.54. The molecule has 1 aliphatic heterocycles. The summed E-state index contributed by atoms with van der Waals surface area (Å²) >= 11 is 8.47. The predicted molar refractivity (Wildman–Crippen MR) is 169 cm³/mol. The second kappa shape index (κ2) is 12.4. The smallest absolute Gasteiger partial charge is 0.338 e. The van der Waals surface area contributed by atoms with Gasteiger partial charge in [0.2, 0.25) is 0 Å². The van der Waals surface area contributed by atoms with Gasteiger partial charge in [-0.1, -0.05) is 49.3 Å². The second-order valence-electron chi connectivity index (χ2n) is 9.45. The molecule has 0 N–H and O–H groups in total. The normalized spacial score (nSPS) is 14.9. The number of hydrogen-bond donors (Lipinski definition) is 0. The van der Waals surface area contributed by atoms with E-state index in [9.17, 15) is 9.59 Å². The van der Waals surface area contributed by atoms with E-state index in [4.69, 9.17) is 18.6 Å². The maximum Gasteiger partial charge on any atom is 0.338 e. The van der Waals surface area contributed by atoms with Gasteiger partial charge in [0.15, 0.2) is 16.3 Å². The number of hydrogen-bond acceptors (Lipinski definition) is 8. The summed E-state index contributed by atoms with van der Waals surface area (Å²) < 4.78 is 26.4. The molecule has 11 heteroatoms. The number of methoxy groups -OCH3 is 1. The predicted octanol–water partition coefficient (Wildman–Crippen LogP) is 6.30. The van der Waals surface area contributed by atoms with Gasteiger partial charge in [-0.25, -0.2) is 9.79 Å². The summed E-state index contributed by atoms with van der Waals surface area (Å²) in [5.74, 6) is 1.65. The molecular weight excluding hydrogens is 688 g/mol. The zero-order valence-electron chi connectivity index (χ0n) is 23.6. The first-order valence-electron chi connectivity index (χ1n) is 13.2. The van der Waals surface area contributed by atoms with E-state index in [1.54, 1.807) is 39.2 Å². The molecule has 0 spiro atoms. The minimum Gasteiger partial charge on any atom is -0.493 e. The van der Waals surface area contributed by atoms with Crippen molar-refractivity contribution in [2.75, 3.05) is 20.3 Å². The fourth-order valence-corrected chi connectivity index (χ4v) is 7.05. The summed E-state index contributed by atoms with van der Waals surface area (Å²) in [4.78, 5) is 32.4. The van der Waals surface area contributed by atoms with Gasteiger partial charge in [-0.05, 0) is 75.2 Å². The van der Waals surface area contributed by atoms with Crippen molar-refractivity contribution >= 4 is 55.2 Å². The van der Waals surface area contributed by atoms with Crippen LogP contribution in [0, 0.1) is 6.92 Å². The lowest BCUT2D eigenvalue weighted by molar-refractivity contribution is -0.139. The maximum absolute atomic E-state index is 14.0. The number of esters is 1. The summed E-state index contributed by atoms with van der Waals surface area (Å²) in [6.45, 7) is 8.01. The number of thiazole rings is 1. The van der Waals surface area contributed by atoms with Gasteiger partial charge in [0, 0.05) is 20.6 Å². The number of aromatic nitrogens is 1. The molecular formula is C31H28Br2N2O6S. The minimum atomic E-state index is -0.822. The largest absolute Gasteiger partial charge is 0.493 e. The molecule has 0 saturated carbocycles. The molecule has 3 heterocycles. The number of carbonyl (C=O) groups excluding carboxylic acids is 1. The lowest BCUT2D eigenvalue weighted by atomic mass is 9.95. The average molecular weight is 716 g/mol. The number of nitrogens with zero attached hydrogens (tertiary/aromatic N) is 2. The highest BCUT2D eigenvalue weighted by Gasteiger charge is 2.35. The van der Waals surface area contributed by atoms with Crippen molar-refractivity contribution in [2.45, 2.75) is 33.7 Å². The van der Waals surface area contributed by atoms with Crippen LogP contribution in [0.1, 0.15) is 43.7 Å². The van der Waals surface area contributed by atoms with Gasteiger partial charge in [-0.15, -0.1) is 0 Å². The van der Waals surface area contributed by atoms with Crippen molar-refractivity contribution < 1.29 is 23.4 Å². The highest BCUT2D eigenvalue weighted by molar-refractivity contribution is 9.10. The Hall–Kier alpha value is -3.41. The summed E-state index contributed by atoms with van der Waals surface area (Å²) in [6.07, 6.45) is 1.70. The van der Waals surface area contributed by atoms with E-state index in [1.165, 1.54) is 15.9 Å². The molecule has 8 nitrogen and oxygen atoms in total. The lowest BCUT2D eigenvalue weighted by Gasteiger charge is -2.26. The Morgan fingerprint density at radius 3 is 2.55 bits per heavy atom. The van der Waals surface area contributed by atoms with Gasteiger partial charge in [-0.3, -0.25) is 9.36 Å². The SMILES string of the molecule is CCOC(=O)C1=C(C)N=c2s/c(=C/c3ccc(-c4ccc(C)cc4Br)o3)c(=O)n2[C@@H]1c1cc(OC)c(OCC)cc1Br. The molecule has 42 heavy (non-hydrogen) atoms. The van der Waals surface area contributed by atoms with Gasteiger partial charge in [-0.2, -0.15) is 0 Å². The van der Waals surface area contributed by atoms with E-state index in [2.05, 4.69) is 36.9 Å². The zero-order chi connectivity index (χ0) is 30.1. The summed E-state index contributed by atoms with van der Waals surface area (Å²) in [6, 6.07) is 12.4. The molecule has 1 atom stereocenters. The summed E-state index contributed by atoms with van der Waals surface area (Å²) in [5.41, 5.74) is 3.09. The first kappa shape index (κ1) is 30.1. The number of rotatable bonds is 8. The molecule has 4 aromatic rings. The number of fused-ring (bicyclic) bond motifs is 1. The van der Waals surface area contributed by atoms with Crippen LogP contribution in [-0.2, 0) is 9.53 Å². The maximum atomic E-state index is 14.0. The lowest BCUT2D eigenvalue weighted by Crippen LogP contribution is -2.40. The third-order valence-corrected chi connectivity index (χ3v) is 9.01. The van der Waals surface area contributed by atoms with E-state index >= 15 is 0 Å². The van der Waals surface area contributed by atoms with Gasteiger partial charge in [0.05, 0.1) is 42.2 Å². The molecule has 2 aromatic carbocycles. The van der Waals surface area contributed by atoms with Crippen LogP contribution in [0.5, 0.6) is 11.5 Å². The zero-order valence-corrected chi connectivity index (χ0v) is 27.6. The topological polar surface area (TPSA) is 92.3 Å². The van der Waals surface area contributed by atoms with E-state index in [-0.39, 0.29) is 17.7 Å². The average Bonchev–Trinajstić information content (AvgIpc) is 3.52. The van der Waals surface area contributed by atoms with Crippen LogP contribution in [0.15, 0.2) is 76.9 Å². The molecule has 0 radical (unpaired) electrons. The fraction of sp³-hybridized carbons (Fsp3) is 0.258. The number of furan rings is 1. The number of benzene rings is 2. The Morgan fingerprint density at radius 2 is 1.86 bits per heavy atom. The molecule has 0 aliphatic carbocycles. The molecule has 2 aromatic heterocycles. The second-order valence-corrected chi connectivity index (χ2v) is 12.2. The Labute approximate surface area is 263 Å². The third kappa shape index (κ3) is 5.65. The molecule has 0 unspecified atom stereocenters. The first-order valence-corrected chi connectivity index (χ1v) is 15.6. The quantitative estimate of drug-likeness (QED) is 0.199. The molecule has 0 saturated heterocycles. The monoisotopic (exact) mass is 714 g/mol. The number of halogens is 2. The molecule has 0 fully saturated rings. The van der Waals surface area contributed by atoms with Crippen molar-refractivity contribution in [2.24, 2.45) is 4.99 Å². The first-order chi connectivity index (χ1) is 20.2. The van der Waals surface area contributed by atoms with Crippen LogP contribution < -0.4 is 24.4 Å². The van der Waals surface area contributed by atoms with Crippen LogP contribution in [0.25, 0.3) is 17.4 Å². The van der Waals surface area contributed by atoms with E-state index in [0.717, 1.165) is 15.6 Å². The highest BCUT2D eigenvalue weighted by Crippen LogP contribution is 2.41. The Bertz CT molecular complexity index is 1900. The van der Waals surface area contributed by atoms with E-state index < -0.39 is 12.0 Å². The van der Waals surface area contributed by atoms with Crippen molar-refractivity contribution in [1.29, 1.82) is 0 Å². The molecule has 1 aliphatic rings. The third-order valence-electron chi connectivity index (χ3n) is 6.68. The van der Waals surface area contributed by atoms with E-state index in [1.807, 2.05) is 44.2 Å². The molecule has 0 amide bonds.